The number of hydrogen-bond acceptors (Lipinski definition) is 3. The fourth-order valence-corrected chi connectivity index (χ4v) is 2.62. The summed E-state index contributed by atoms with van der Waals surface area (Å²) in [5.74, 6) is 0.750. The van der Waals surface area contributed by atoms with Gasteiger partial charge in [-0.1, -0.05) is 6.07 Å². The first-order chi connectivity index (χ1) is 9.65. The zero-order chi connectivity index (χ0) is 14.1. The molecular weight excluding hydrogens is 254 g/mol. The van der Waals surface area contributed by atoms with E-state index in [2.05, 4.69) is 10.3 Å². The number of likely N-dealkylation sites (tertiary alicyclic amines) is 1. The van der Waals surface area contributed by atoms with E-state index in [9.17, 15) is 9.59 Å². The van der Waals surface area contributed by atoms with Gasteiger partial charge in [0.15, 0.2) is 0 Å². The number of carbonyl (C=O) groups excluding carboxylic acids is 2. The predicted octanol–water partition coefficient (Wildman–Crippen LogP) is 1.73. The lowest BCUT2D eigenvalue weighted by atomic mass is 10.2. The van der Waals surface area contributed by atoms with Crippen LogP contribution in [-0.4, -0.2) is 34.3 Å². The molecule has 1 saturated heterocycles. The van der Waals surface area contributed by atoms with Crippen LogP contribution < -0.4 is 5.32 Å². The number of amides is 2. The average Bonchev–Trinajstić information content (AvgIpc) is 3.17. The van der Waals surface area contributed by atoms with Crippen molar-refractivity contribution in [3.63, 3.8) is 0 Å². The minimum atomic E-state index is -0.328. The van der Waals surface area contributed by atoms with Gasteiger partial charge >= 0.3 is 0 Å². The number of nitrogens with zero attached hydrogens (tertiary/aromatic N) is 2. The molecule has 1 aliphatic carbocycles. The molecule has 2 aliphatic rings. The number of anilines is 1. The summed E-state index contributed by atoms with van der Waals surface area (Å²) in [6.45, 7) is 2.65. The molecule has 0 unspecified atom stereocenters. The summed E-state index contributed by atoms with van der Waals surface area (Å²) in [5.41, 5.74) is 1.05. The molecule has 0 radical (unpaired) electrons. The molecular formula is C15H19N3O2. The molecule has 106 valence electrons. The molecule has 1 aliphatic heterocycles. The van der Waals surface area contributed by atoms with Gasteiger partial charge in [0.25, 0.3) is 0 Å². The first-order valence-corrected chi connectivity index (χ1v) is 7.19. The van der Waals surface area contributed by atoms with Gasteiger partial charge in [-0.3, -0.25) is 9.59 Å². The molecule has 20 heavy (non-hydrogen) atoms. The maximum atomic E-state index is 12.3. The molecule has 1 N–H and O–H groups in total. The van der Waals surface area contributed by atoms with Crippen molar-refractivity contribution in [3.8, 4) is 0 Å². The van der Waals surface area contributed by atoms with Gasteiger partial charge in [-0.2, -0.15) is 0 Å². The Morgan fingerprint density at radius 1 is 1.30 bits per heavy atom. The number of nitrogens with one attached hydrogen (secondary N) is 1. The van der Waals surface area contributed by atoms with E-state index in [0.29, 0.717) is 12.4 Å². The summed E-state index contributed by atoms with van der Waals surface area (Å²) in [6, 6.07) is 3.37. The molecule has 1 atom stereocenters. The maximum Gasteiger partial charge on any atom is 0.248 e. The van der Waals surface area contributed by atoms with E-state index >= 15 is 0 Å². The van der Waals surface area contributed by atoms with Crippen LogP contribution in [0.2, 0.25) is 0 Å². The summed E-state index contributed by atoms with van der Waals surface area (Å²) in [7, 11) is 0. The van der Waals surface area contributed by atoms with E-state index in [4.69, 9.17) is 0 Å². The molecule has 1 aromatic rings. The lowest BCUT2D eigenvalue weighted by Gasteiger charge is -2.23. The van der Waals surface area contributed by atoms with Gasteiger partial charge in [-0.05, 0) is 44.2 Å². The van der Waals surface area contributed by atoms with Crippen molar-refractivity contribution in [3.05, 3.63) is 23.9 Å². The summed E-state index contributed by atoms with van der Waals surface area (Å²) in [4.78, 5) is 30.4. The fourth-order valence-electron chi connectivity index (χ4n) is 2.62. The third-order valence-corrected chi connectivity index (χ3v) is 3.93. The summed E-state index contributed by atoms with van der Waals surface area (Å²) in [6.07, 6.45) is 5.32. The van der Waals surface area contributed by atoms with E-state index in [0.717, 1.165) is 31.2 Å². The van der Waals surface area contributed by atoms with Crippen LogP contribution in [0.15, 0.2) is 18.3 Å². The number of rotatable bonds is 3. The topological polar surface area (TPSA) is 62.3 Å². The Labute approximate surface area is 118 Å². The van der Waals surface area contributed by atoms with E-state index < -0.39 is 0 Å². The van der Waals surface area contributed by atoms with Gasteiger partial charge in [0, 0.05) is 18.7 Å². The number of carbonyl (C=O) groups is 2. The summed E-state index contributed by atoms with van der Waals surface area (Å²) < 4.78 is 0. The molecule has 5 nitrogen and oxygen atoms in total. The van der Waals surface area contributed by atoms with Crippen LogP contribution in [0, 0.1) is 12.8 Å². The van der Waals surface area contributed by atoms with Crippen molar-refractivity contribution >= 4 is 17.6 Å². The monoisotopic (exact) mass is 273 g/mol. The molecule has 0 bridgehead atoms. The third-order valence-electron chi connectivity index (χ3n) is 3.93. The quantitative estimate of drug-likeness (QED) is 0.912. The Kier molecular flexibility index (Phi) is 3.42. The van der Waals surface area contributed by atoms with E-state index in [1.54, 1.807) is 17.2 Å². The second-order valence-electron chi connectivity index (χ2n) is 5.67. The van der Waals surface area contributed by atoms with Crippen molar-refractivity contribution in [2.45, 2.75) is 38.6 Å². The maximum absolute atomic E-state index is 12.3. The van der Waals surface area contributed by atoms with Crippen LogP contribution in [-0.2, 0) is 9.59 Å². The number of hydrogen-bond donors (Lipinski definition) is 1. The summed E-state index contributed by atoms with van der Waals surface area (Å²) in [5, 5.41) is 2.81. The Bertz CT molecular complexity index is 522. The number of pyridine rings is 1. The molecule has 5 heteroatoms. The number of aromatic nitrogens is 1. The summed E-state index contributed by atoms with van der Waals surface area (Å²) >= 11 is 0. The van der Waals surface area contributed by atoms with E-state index in [1.165, 1.54) is 0 Å². The zero-order valence-electron chi connectivity index (χ0n) is 11.6. The highest BCUT2D eigenvalue weighted by Crippen LogP contribution is 2.33. The van der Waals surface area contributed by atoms with Crippen molar-refractivity contribution in [1.82, 2.24) is 9.88 Å². The Morgan fingerprint density at radius 2 is 2.10 bits per heavy atom. The molecule has 0 spiro atoms. The van der Waals surface area contributed by atoms with Crippen LogP contribution in [0.3, 0.4) is 0 Å². The largest absolute Gasteiger partial charge is 0.330 e. The van der Waals surface area contributed by atoms with E-state index in [1.807, 2.05) is 13.0 Å². The van der Waals surface area contributed by atoms with Crippen molar-refractivity contribution < 1.29 is 9.59 Å². The molecule has 2 amide bonds. The standard InChI is InChI=1S/C15H19N3O2/c1-10-4-7-13(16-9-10)17-14(19)12-3-2-8-18(12)15(20)11-5-6-11/h4,7,9,11-12H,2-3,5-6,8H2,1H3,(H,16,17,19)/t12-/m1/s1. The van der Waals surface area contributed by atoms with Gasteiger partial charge in [0.1, 0.15) is 11.9 Å². The van der Waals surface area contributed by atoms with Gasteiger partial charge in [-0.25, -0.2) is 4.98 Å². The Morgan fingerprint density at radius 3 is 2.75 bits per heavy atom. The fraction of sp³-hybridized carbons (Fsp3) is 0.533. The lowest BCUT2D eigenvalue weighted by Crippen LogP contribution is -2.43. The van der Waals surface area contributed by atoms with Gasteiger partial charge < -0.3 is 10.2 Å². The Hall–Kier alpha value is -1.91. The molecule has 2 fully saturated rings. The minimum absolute atomic E-state index is 0.118. The number of aryl methyl sites for hydroxylation is 1. The van der Waals surface area contributed by atoms with Crippen molar-refractivity contribution in [1.29, 1.82) is 0 Å². The highest BCUT2D eigenvalue weighted by Gasteiger charge is 2.40. The van der Waals surface area contributed by atoms with E-state index in [-0.39, 0.29) is 23.8 Å². The van der Waals surface area contributed by atoms with Gasteiger partial charge in [0.05, 0.1) is 0 Å². The smallest absolute Gasteiger partial charge is 0.248 e. The molecule has 0 aromatic carbocycles. The zero-order valence-corrected chi connectivity index (χ0v) is 11.6. The second kappa shape index (κ2) is 5.23. The molecule has 1 saturated carbocycles. The van der Waals surface area contributed by atoms with Gasteiger partial charge in [0.2, 0.25) is 11.8 Å². The van der Waals surface area contributed by atoms with Crippen LogP contribution in [0.25, 0.3) is 0 Å². The third kappa shape index (κ3) is 2.66. The predicted molar refractivity (Wildman–Crippen MR) is 75.1 cm³/mol. The van der Waals surface area contributed by atoms with Crippen molar-refractivity contribution in [2.75, 3.05) is 11.9 Å². The first kappa shape index (κ1) is 13.1. The molecule has 2 heterocycles. The van der Waals surface area contributed by atoms with Crippen LogP contribution in [0.4, 0.5) is 5.82 Å². The van der Waals surface area contributed by atoms with Crippen LogP contribution in [0.5, 0.6) is 0 Å². The highest BCUT2D eigenvalue weighted by molar-refractivity contribution is 5.97. The minimum Gasteiger partial charge on any atom is -0.330 e. The second-order valence-corrected chi connectivity index (χ2v) is 5.67. The SMILES string of the molecule is Cc1ccc(NC(=O)[C@H]2CCCN2C(=O)C2CC2)nc1. The molecule has 1 aromatic heterocycles. The highest BCUT2D eigenvalue weighted by atomic mass is 16.2. The van der Waals surface area contributed by atoms with Crippen molar-refractivity contribution in [2.24, 2.45) is 5.92 Å². The van der Waals surface area contributed by atoms with Crippen LogP contribution >= 0.6 is 0 Å². The molecule has 3 rings (SSSR count). The first-order valence-electron chi connectivity index (χ1n) is 7.19. The lowest BCUT2D eigenvalue weighted by molar-refractivity contribution is -0.137. The van der Waals surface area contributed by atoms with Gasteiger partial charge in [-0.15, -0.1) is 0 Å². The normalized spacial score (nSPS) is 21.9. The Balaban J connectivity index is 1.66. The average molecular weight is 273 g/mol. The van der Waals surface area contributed by atoms with Crippen LogP contribution in [0.1, 0.15) is 31.2 Å².